The Hall–Kier alpha value is -1.97. The van der Waals surface area contributed by atoms with E-state index in [0.29, 0.717) is 32.0 Å². The quantitative estimate of drug-likeness (QED) is 0.783. The highest BCUT2D eigenvalue weighted by molar-refractivity contribution is 7.89. The SMILES string of the molecule is CC(=O)N[C@@H](C)C(=O)Nc1cccc(S(=O)(=O)N2CCOCC2)c1. The van der Waals surface area contributed by atoms with Gasteiger partial charge in [0.05, 0.1) is 18.1 Å². The molecule has 1 aromatic rings. The molecule has 24 heavy (non-hydrogen) atoms. The van der Waals surface area contributed by atoms with Gasteiger partial charge >= 0.3 is 0 Å². The Morgan fingerprint density at radius 1 is 1.25 bits per heavy atom. The standard InChI is InChI=1S/C15H21N3O5S/c1-11(16-12(2)19)15(20)17-13-4-3-5-14(10-13)24(21,22)18-6-8-23-9-7-18/h3-5,10-11H,6-9H2,1-2H3,(H,16,19)(H,17,20)/t11-/m0/s1. The zero-order valence-electron chi connectivity index (χ0n) is 13.6. The van der Waals surface area contributed by atoms with Crippen LogP contribution < -0.4 is 10.6 Å². The second-order valence-electron chi connectivity index (χ2n) is 5.46. The van der Waals surface area contributed by atoms with Crippen LogP contribution in [-0.4, -0.2) is 56.9 Å². The third-order valence-electron chi connectivity index (χ3n) is 3.52. The van der Waals surface area contributed by atoms with Crippen LogP contribution in [0.3, 0.4) is 0 Å². The first-order valence-corrected chi connectivity index (χ1v) is 9.00. The average molecular weight is 355 g/mol. The minimum atomic E-state index is -3.63. The summed E-state index contributed by atoms with van der Waals surface area (Å²) >= 11 is 0. The summed E-state index contributed by atoms with van der Waals surface area (Å²) in [5.41, 5.74) is 0.353. The van der Waals surface area contributed by atoms with Crippen LogP contribution in [0.1, 0.15) is 13.8 Å². The lowest BCUT2D eigenvalue weighted by Crippen LogP contribution is -2.41. The molecule has 0 saturated carbocycles. The molecule has 0 bridgehead atoms. The topological polar surface area (TPSA) is 105 Å². The summed E-state index contributed by atoms with van der Waals surface area (Å²) in [6, 6.07) is 5.32. The second-order valence-corrected chi connectivity index (χ2v) is 7.39. The van der Waals surface area contributed by atoms with Crippen molar-refractivity contribution in [3.8, 4) is 0 Å². The van der Waals surface area contributed by atoms with E-state index in [9.17, 15) is 18.0 Å². The maximum atomic E-state index is 12.6. The average Bonchev–Trinajstić information content (AvgIpc) is 2.55. The lowest BCUT2D eigenvalue weighted by molar-refractivity contribution is -0.124. The monoisotopic (exact) mass is 355 g/mol. The predicted octanol–water partition coefficient (Wildman–Crippen LogP) is 0.171. The molecular weight excluding hydrogens is 334 g/mol. The minimum absolute atomic E-state index is 0.106. The van der Waals surface area contributed by atoms with E-state index >= 15 is 0 Å². The van der Waals surface area contributed by atoms with Crippen molar-refractivity contribution in [2.24, 2.45) is 0 Å². The minimum Gasteiger partial charge on any atom is -0.379 e. The number of nitrogens with zero attached hydrogens (tertiary/aromatic N) is 1. The summed E-state index contributed by atoms with van der Waals surface area (Å²) in [5.74, 6) is -0.743. The van der Waals surface area contributed by atoms with Gasteiger partial charge in [-0.3, -0.25) is 9.59 Å². The molecule has 0 radical (unpaired) electrons. The lowest BCUT2D eigenvalue weighted by Gasteiger charge is -2.26. The molecule has 1 aliphatic heterocycles. The number of hydrogen-bond donors (Lipinski definition) is 2. The van der Waals surface area contributed by atoms with Gasteiger partial charge in [-0.25, -0.2) is 8.42 Å². The van der Waals surface area contributed by atoms with Gasteiger partial charge in [0.2, 0.25) is 21.8 Å². The summed E-state index contributed by atoms with van der Waals surface area (Å²) in [6.45, 7) is 4.20. The summed E-state index contributed by atoms with van der Waals surface area (Å²) in [5, 5.41) is 5.07. The molecule has 2 rings (SSSR count). The summed E-state index contributed by atoms with van der Waals surface area (Å²) in [7, 11) is -3.63. The molecule has 1 aromatic carbocycles. The molecule has 1 heterocycles. The number of sulfonamides is 1. The van der Waals surface area contributed by atoms with Crippen molar-refractivity contribution in [2.75, 3.05) is 31.6 Å². The number of ether oxygens (including phenoxy) is 1. The molecule has 1 aliphatic rings. The van der Waals surface area contributed by atoms with Gasteiger partial charge in [-0.15, -0.1) is 0 Å². The first kappa shape index (κ1) is 18.4. The van der Waals surface area contributed by atoms with E-state index in [4.69, 9.17) is 4.74 Å². The number of anilines is 1. The first-order valence-electron chi connectivity index (χ1n) is 7.56. The number of morpholine rings is 1. The van der Waals surface area contributed by atoms with E-state index in [1.807, 2.05) is 0 Å². The fraction of sp³-hybridized carbons (Fsp3) is 0.467. The summed E-state index contributed by atoms with van der Waals surface area (Å²) < 4.78 is 31.7. The molecule has 0 spiro atoms. The van der Waals surface area contributed by atoms with Gasteiger partial charge in [-0.1, -0.05) is 6.07 Å². The molecule has 1 atom stereocenters. The normalized spacial score (nSPS) is 17.1. The Balaban J connectivity index is 2.13. The molecule has 8 nitrogen and oxygen atoms in total. The third kappa shape index (κ3) is 4.53. The molecule has 2 N–H and O–H groups in total. The Labute approximate surface area is 141 Å². The van der Waals surface area contributed by atoms with Crippen molar-refractivity contribution < 1.29 is 22.7 Å². The van der Waals surface area contributed by atoms with Gasteiger partial charge in [0.15, 0.2) is 0 Å². The Bertz CT molecular complexity index is 714. The number of carbonyl (C=O) groups excluding carboxylic acids is 2. The van der Waals surface area contributed by atoms with Crippen LogP contribution in [0.2, 0.25) is 0 Å². The molecule has 0 aliphatic carbocycles. The lowest BCUT2D eigenvalue weighted by atomic mass is 10.2. The fourth-order valence-corrected chi connectivity index (χ4v) is 3.75. The summed E-state index contributed by atoms with van der Waals surface area (Å²) in [4.78, 5) is 23.1. The molecule has 0 aromatic heterocycles. The maximum Gasteiger partial charge on any atom is 0.246 e. The van der Waals surface area contributed by atoms with E-state index in [-0.39, 0.29) is 10.8 Å². The first-order chi connectivity index (χ1) is 11.3. The van der Waals surface area contributed by atoms with Gasteiger partial charge < -0.3 is 15.4 Å². The molecule has 1 fully saturated rings. The van der Waals surface area contributed by atoms with Crippen molar-refractivity contribution in [1.29, 1.82) is 0 Å². The van der Waals surface area contributed by atoms with Gasteiger partial charge in [0.25, 0.3) is 0 Å². The number of benzene rings is 1. The summed E-state index contributed by atoms with van der Waals surface area (Å²) in [6.07, 6.45) is 0. The Kier molecular flexibility index (Phi) is 5.92. The van der Waals surface area contributed by atoms with Gasteiger partial charge in [-0.05, 0) is 25.1 Å². The highest BCUT2D eigenvalue weighted by Gasteiger charge is 2.26. The largest absolute Gasteiger partial charge is 0.379 e. The Morgan fingerprint density at radius 3 is 2.54 bits per heavy atom. The molecule has 132 valence electrons. The number of amides is 2. The van der Waals surface area contributed by atoms with Gasteiger partial charge in [-0.2, -0.15) is 4.31 Å². The maximum absolute atomic E-state index is 12.6. The van der Waals surface area contributed by atoms with E-state index in [2.05, 4.69) is 10.6 Å². The third-order valence-corrected chi connectivity index (χ3v) is 5.42. The molecule has 0 unspecified atom stereocenters. The van der Waals surface area contributed by atoms with Crippen LogP contribution >= 0.6 is 0 Å². The van der Waals surface area contributed by atoms with Crippen LogP contribution in [0.25, 0.3) is 0 Å². The van der Waals surface area contributed by atoms with E-state index in [0.717, 1.165) is 0 Å². The number of carbonyl (C=O) groups is 2. The highest BCUT2D eigenvalue weighted by Crippen LogP contribution is 2.20. The zero-order chi connectivity index (χ0) is 17.7. The molecule has 2 amide bonds. The van der Waals surface area contributed by atoms with Crippen molar-refractivity contribution >= 4 is 27.5 Å². The van der Waals surface area contributed by atoms with E-state index in [1.165, 1.54) is 23.4 Å². The van der Waals surface area contributed by atoms with Crippen molar-refractivity contribution in [1.82, 2.24) is 9.62 Å². The van der Waals surface area contributed by atoms with Crippen LogP contribution in [0.5, 0.6) is 0 Å². The van der Waals surface area contributed by atoms with Crippen molar-refractivity contribution in [3.05, 3.63) is 24.3 Å². The number of nitrogens with one attached hydrogen (secondary N) is 2. The predicted molar refractivity (Wildman–Crippen MR) is 87.9 cm³/mol. The van der Waals surface area contributed by atoms with Crippen molar-refractivity contribution in [3.63, 3.8) is 0 Å². The second kappa shape index (κ2) is 7.73. The van der Waals surface area contributed by atoms with Crippen LogP contribution in [0, 0.1) is 0 Å². The fourth-order valence-electron chi connectivity index (χ4n) is 2.29. The molecule has 9 heteroatoms. The van der Waals surface area contributed by atoms with Gasteiger partial charge in [0, 0.05) is 25.7 Å². The van der Waals surface area contributed by atoms with Crippen LogP contribution in [0.4, 0.5) is 5.69 Å². The number of rotatable bonds is 5. The highest BCUT2D eigenvalue weighted by atomic mass is 32.2. The molecule has 1 saturated heterocycles. The van der Waals surface area contributed by atoms with Crippen LogP contribution in [-0.2, 0) is 24.3 Å². The molecular formula is C15H21N3O5S. The zero-order valence-corrected chi connectivity index (χ0v) is 14.4. The smallest absolute Gasteiger partial charge is 0.246 e. The van der Waals surface area contributed by atoms with Gasteiger partial charge in [0.1, 0.15) is 6.04 Å². The number of hydrogen-bond acceptors (Lipinski definition) is 5. The van der Waals surface area contributed by atoms with Crippen LogP contribution in [0.15, 0.2) is 29.2 Å². The van der Waals surface area contributed by atoms with E-state index < -0.39 is 22.0 Å². The van der Waals surface area contributed by atoms with Crippen molar-refractivity contribution in [2.45, 2.75) is 24.8 Å². The van der Waals surface area contributed by atoms with E-state index in [1.54, 1.807) is 19.1 Å². The Morgan fingerprint density at radius 2 is 1.92 bits per heavy atom.